The number of pyridine rings is 1. The molecule has 0 aliphatic carbocycles. The second kappa shape index (κ2) is 4.60. The summed E-state index contributed by atoms with van der Waals surface area (Å²) in [6.45, 7) is 0. The number of amides is 1. The Bertz CT molecular complexity index is 681. The molecule has 0 unspecified atom stereocenters. The maximum Gasteiger partial charge on any atom is 0.253 e. The van der Waals surface area contributed by atoms with Crippen LogP contribution in [0.3, 0.4) is 0 Å². The smallest absolute Gasteiger partial charge is 0.253 e. The van der Waals surface area contributed by atoms with E-state index >= 15 is 0 Å². The van der Waals surface area contributed by atoms with Gasteiger partial charge in [0.2, 0.25) is 0 Å². The minimum atomic E-state index is 0.0241. The molecule has 0 radical (unpaired) electrons. The molecule has 2 aliphatic heterocycles. The Kier molecular flexibility index (Phi) is 2.86. The predicted octanol–water partition coefficient (Wildman–Crippen LogP) is 2.32. The van der Waals surface area contributed by atoms with Gasteiger partial charge in [-0.05, 0) is 53.4 Å². The number of nitrogens with one attached hydrogen (secondary N) is 2. The third kappa shape index (κ3) is 2.05. The van der Waals surface area contributed by atoms with E-state index in [1.807, 2.05) is 35.0 Å². The second-order valence-corrected chi connectivity index (χ2v) is 6.69. The molecule has 0 aromatic carbocycles. The highest BCUT2D eigenvalue weighted by molar-refractivity contribution is 9.10. The summed E-state index contributed by atoms with van der Waals surface area (Å²) in [4.78, 5) is 12.4. The lowest BCUT2D eigenvalue weighted by atomic mass is 9.95. The zero-order valence-corrected chi connectivity index (χ0v) is 12.6. The van der Waals surface area contributed by atoms with Crippen LogP contribution >= 0.6 is 15.9 Å². The largest absolute Gasteiger partial charge is 0.348 e. The number of carbonyl (C=O) groups is 1. The zero-order chi connectivity index (χ0) is 13.7. The Morgan fingerprint density at radius 2 is 2.25 bits per heavy atom. The van der Waals surface area contributed by atoms with Crippen LogP contribution in [0.2, 0.25) is 0 Å². The van der Waals surface area contributed by atoms with E-state index in [1.54, 1.807) is 0 Å². The van der Waals surface area contributed by atoms with Gasteiger partial charge in [-0.25, -0.2) is 0 Å². The van der Waals surface area contributed by atoms with Crippen molar-refractivity contribution in [1.29, 1.82) is 0 Å². The molecule has 104 valence electrons. The summed E-state index contributed by atoms with van der Waals surface area (Å²) in [6, 6.07) is 7.24. The van der Waals surface area contributed by atoms with Crippen LogP contribution in [-0.2, 0) is 0 Å². The number of rotatable bonds is 2. The first-order valence-electron chi connectivity index (χ1n) is 7.03. The summed E-state index contributed by atoms with van der Waals surface area (Å²) in [6.07, 6.45) is 7.34. The third-order valence-electron chi connectivity index (χ3n) is 4.44. The first kappa shape index (κ1) is 12.4. The molecule has 0 saturated carbocycles. The molecule has 2 N–H and O–H groups in total. The van der Waals surface area contributed by atoms with Crippen molar-refractivity contribution in [2.24, 2.45) is 0 Å². The zero-order valence-electron chi connectivity index (χ0n) is 11.0. The molecule has 5 heteroatoms. The van der Waals surface area contributed by atoms with Crippen molar-refractivity contribution in [2.45, 2.75) is 37.4 Å². The lowest BCUT2D eigenvalue weighted by Gasteiger charge is -2.21. The molecular weight excluding hydrogens is 318 g/mol. The van der Waals surface area contributed by atoms with Crippen molar-refractivity contribution in [3.05, 3.63) is 40.6 Å². The topological polar surface area (TPSA) is 45.5 Å². The van der Waals surface area contributed by atoms with E-state index in [1.165, 1.54) is 12.8 Å². The van der Waals surface area contributed by atoms with Gasteiger partial charge < -0.3 is 15.0 Å². The SMILES string of the molecule is O=C(N[C@@H]1C[C@H]2CC[C@@H]1N2)c1ccc2cc(Br)cn2c1. The van der Waals surface area contributed by atoms with Crippen molar-refractivity contribution >= 4 is 27.4 Å². The highest BCUT2D eigenvalue weighted by Gasteiger charge is 2.39. The van der Waals surface area contributed by atoms with E-state index in [2.05, 4.69) is 26.6 Å². The monoisotopic (exact) mass is 333 g/mol. The molecule has 2 aromatic heterocycles. The fourth-order valence-electron chi connectivity index (χ4n) is 3.44. The van der Waals surface area contributed by atoms with Crippen molar-refractivity contribution < 1.29 is 4.79 Å². The van der Waals surface area contributed by atoms with E-state index in [-0.39, 0.29) is 11.9 Å². The average molecular weight is 334 g/mol. The van der Waals surface area contributed by atoms with Crippen LogP contribution < -0.4 is 10.6 Å². The minimum Gasteiger partial charge on any atom is -0.348 e. The number of nitrogens with zero attached hydrogens (tertiary/aromatic N) is 1. The summed E-state index contributed by atoms with van der Waals surface area (Å²) < 4.78 is 2.99. The molecule has 2 aromatic rings. The van der Waals surface area contributed by atoms with E-state index < -0.39 is 0 Å². The molecule has 0 spiro atoms. The van der Waals surface area contributed by atoms with Gasteiger partial charge in [0.05, 0.1) is 5.56 Å². The molecule has 4 heterocycles. The van der Waals surface area contributed by atoms with Crippen LogP contribution in [-0.4, -0.2) is 28.4 Å². The van der Waals surface area contributed by atoms with Gasteiger partial charge >= 0.3 is 0 Å². The van der Waals surface area contributed by atoms with Crippen LogP contribution in [0.1, 0.15) is 29.6 Å². The van der Waals surface area contributed by atoms with E-state index in [9.17, 15) is 4.79 Å². The molecular formula is C15H16BrN3O. The van der Waals surface area contributed by atoms with Crippen molar-refractivity contribution in [3.8, 4) is 0 Å². The molecule has 2 aliphatic rings. The predicted molar refractivity (Wildman–Crippen MR) is 80.9 cm³/mol. The first-order valence-corrected chi connectivity index (χ1v) is 7.82. The molecule has 2 bridgehead atoms. The Morgan fingerprint density at radius 1 is 1.35 bits per heavy atom. The fourth-order valence-corrected chi connectivity index (χ4v) is 3.90. The quantitative estimate of drug-likeness (QED) is 0.885. The second-order valence-electron chi connectivity index (χ2n) is 5.77. The van der Waals surface area contributed by atoms with Crippen LogP contribution in [0.25, 0.3) is 5.52 Å². The van der Waals surface area contributed by atoms with E-state index in [0.717, 1.165) is 16.4 Å². The summed E-state index contributed by atoms with van der Waals surface area (Å²) >= 11 is 3.45. The molecule has 3 atom stereocenters. The van der Waals surface area contributed by atoms with Crippen LogP contribution in [0.15, 0.2) is 35.1 Å². The van der Waals surface area contributed by atoms with E-state index in [0.29, 0.717) is 17.6 Å². The van der Waals surface area contributed by atoms with Gasteiger partial charge in [0, 0.05) is 40.5 Å². The van der Waals surface area contributed by atoms with Crippen LogP contribution in [0, 0.1) is 0 Å². The molecule has 2 saturated heterocycles. The highest BCUT2D eigenvalue weighted by Crippen LogP contribution is 2.28. The number of fused-ring (bicyclic) bond motifs is 3. The highest BCUT2D eigenvalue weighted by atomic mass is 79.9. The van der Waals surface area contributed by atoms with Gasteiger partial charge in [-0.2, -0.15) is 0 Å². The van der Waals surface area contributed by atoms with Crippen molar-refractivity contribution in [3.63, 3.8) is 0 Å². The Hall–Kier alpha value is -1.33. The normalized spacial score (nSPS) is 28.1. The third-order valence-corrected chi connectivity index (χ3v) is 4.87. The average Bonchev–Trinajstić information content (AvgIpc) is 3.10. The van der Waals surface area contributed by atoms with Crippen molar-refractivity contribution in [1.82, 2.24) is 15.0 Å². The summed E-state index contributed by atoms with van der Waals surface area (Å²) in [5.74, 6) is 0.0241. The maximum atomic E-state index is 12.4. The molecule has 20 heavy (non-hydrogen) atoms. The Balaban J connectivity index is 1.54. The molecule has 4 rings (SSSR count). The summed E-state index contributed by atoms with van der Waals surface area (Å²) in [5.41, 5.74) is 1.79. The minimum absolute atomic E-state index is 0.0241. The van der Waals surface area contributed by atoms with E-state index in [4.69, 9.17) is 0 Å². The maximum absolute atomic E-state index is 12.4. The number of aromatic nitrogens is 1. The van der Waals surface area contributed by atoms with Gasteiger partial charge in [-0.1, -0.05) is 0 Å². The molecule has 4 nitrogen and oxygen atoms in total. The van der Waals surface area contributed by atoms with Crippen LogP contribution in [0.5, 0.6) is 0 Å². The number of hydrogen-bond donors (Lipinski definition) is 2. The summed E-state index contributed by atoms with van der Waals surface area (Å²) in [7, 11) is 0. The van der Waals surface area contributed by atoms with Crippen molar-refractivity contribution in [2.75, 3.05) is 0 Å². The van der Waals surface area contributed by atoms with Gasteiger partial charge in [0.25, 0.3) is 5.91 Å². The number of hydrogen-bond acceptors (Lipinski definition) is 2. The van der Waals surface area contributed by atoms with Gasteiger partial charge in [0.1, 0.15) is 0 Å². The van der Waals surface area contributed by atoms with Crippen LogP contribution in [0.4, 0.5) is 0 Å². The standard InChI is InChI=1S/C15H16BrN3O/c16-10-5-12-3-1-9(7-19(12)8-10)15(20)18-14-6-11-2-4-13(14)17-11/h1,3,5,7-8,11,13-14,17H,2,4,6H2,(H,18,20)/t11-,13+,14-/m1/s1. The Morgan fingerprint density at radius 3 is 3.00 bits per heavy atom. The Labute approximate surface area is 125 Å². The van der Waals surface area contributed by atoms with Gasteiger partial charge in [0.15, 0.2) is 0 Å². The first-order chi connectivity index (χ1) is 9.69. The number of carbonyl (C=O) groups excluding carboxylic acids is 1. The molecule has 1 amide bonds. The summed E-state index contributed by atoms with van der Waals surface area (Å²) in [5, 5.41) is 6.71. The van der Waals surface area contributed by atoms with Gasteiger partial charge in [-0.15, -0.1) is 0 Å². The lowest BCUT2D eigenvalue weighted by molar-refractivity contribution is 0.0930. The van der Waals surface area contributed by atoms with Gasteiger partial charge in [-0.3, -0.25) is 4.79 Å². The molecule has 2 fully saturated rings. The fraction of sp³-hybridized carbons (Fsp3) is 0.400. The number of halogens is 1. The lowest BCUT2D eigenvalue weighted by Crippen LogP contribution is -2.42.